The highest BCUT2D eigenvalue weighted by Crippen LogP contribution is 2.14. The molecule has 1 atom stereocenters. The molecule has 3 nitrogen and oxygen atoms in total. The predicted octanol–water partition coefficient (Wildman–Crippen LogP) is 0.911. The highest BCUT2D eigenvalue weighted by molar-refractivity contribution is 5.20. The Hall–Kier alpha value is -1.26. The van der Waals surface area contributed by atoms with Crippen LogP contribution < -0.4 is 11.3 Å². The molecule has 0 radical (unpaired) electrons. The summed E-state index contributed by atoms with van der Waals surface area (Å²) in [5, 5.41) is 0. The summed E-state index contributed by atoms with van der Waals surface area (Å²) < 4.78 is 13.0. The highest BCUT2D eigenvalue weighted by atomic mass is 19.1. The first-order valence-corrected chi connectivity index (χ1v) is 3.47. The first-order valence-electron chi connectivity index (χ1n) is 3.47. The number of pyridine rings is 1. The third-order valence-corrected chi connectivity index (χ3v) is 1.55. The van der Waals surface area contributed by atoms with E-state index in [0.29, 0.717) is 5.56 Å². The molecule has 1 heterocycles. The summed E-state index contributed by atoms with van der Waals surface area (Å²) in [5.74, 6) is 4.79. The summed E-state index contributed by atoms with van der Waals surface area (Å²) in [6.07, 6.45) is 4.17. The monoisotopic (exact) mass is 167 g/mol. The second-order valence-electron chi connectivity index (χ2n) is 2.28. The molecule has 0 aliphatic heterocycles. The van der Waals surface area contributed by atoms with Crippen molar-refractivity contribution in [2.75, 3.05) is 0 Å². The molecule has 0 fully saturated rings. The minimum absolute atomic E-state index is 0.368. The molecule has 1 aromatic rings. The van der Waals surface area contributed by atoms with Gasteiger partial charge in [0.15, 0.2) is 0 Å². The van der Waals surface area contributed by atoms with Gasteiger partial charge in [0, 0.05) is 11.8 Å². The van der Waals surface area contributed by atoms with Crippen molar-refractivity contribution in [2.24, 2.45) is 5.84 Å². The zero-order valence-electron chi connectivity index (χ0n) is 6.50. The van der Waals surface area contributed by atoms with Gasteiger partial charge in [0.1, 0.15) is 5.82 Å². The van der Waals surface area contributed by atoms with Crippen molar-refractivity contribution in [3.8, 4) is 0 Å². The van der Waals surface area contributed by atoms with Crippen molar-refractivity contribution >= 4 is 0 Å². The van der Waals surface area contributed by atoms with Crippen LogP contribution in [0.1, 0.15) is 11.6 Å². The maximum absolute atomic E-state index is 13.0. The summed E-state index contributed by atoms with van der Waals surface area (Å²) in [6.45, 7) is 3.52. The first kappa shape index (κ1) is 8.83. The molecule has 64 valence electrons. The van der Waals surface area contributed by atoms with E-state index in [1.165, 1.54) is 12.3 Å². The third-order valence-electron chi connectivity index (χ3n) is 1.55. The summed E-state index contributed by atoms with van der Waals surface area (Å²) in [5.41, 5.74) is 2.87. The van der Waals surface area contributed by atoms with Crippen molar-refractivity contribution in [1.29, 1.82) is 0 Å². The molecule has 1 aromatic heterocycles. The van der Waals surface area contributed by atoms with Crippen molar-refractivity contribution < 1.29 is 4.39 Å². The van der Waals surface area contributed by atoms with Crippen LogP contribution in [0.25, 0.3) is 0 Å². The molecule has 0 amide bonds. The standard InChI is InChI=1S/C8H10FN3/c1-2-8(12-10)6-3-4-11-5-7(6)9/h2-5,8,12H,1,10H2. The van der Waals surface area contributed by atoms with Gasteiger partial charge in [-0.2, -0.15) is 0 Å². The maximum Gasteiger partial charge on any atom is 0.146 e. The van der Waals surface area contributed by atoms with Gasteiger partial charge in [0.2, 0.25) is 0 Å². The van der Waals surface area contributed by atoms with E-state index >= 15 is 0 Å². The number of nitrogens with two attached hydrogens (primary N) is 1. The third kappa shape index (κ3) is 1.66. The quantitative estimate of drug-likeness (QED) is 0.399. The van der Waals surface area contributed by atoms with E-state index in [4.69, 9.17) is 5.84 Å². The van der Waals surface area contributed by atoms with Crippen LogP contribution in [0.4, 0.5) is 4.39 Å². The van der Waals surface area contributed by atoms with Crippen LogP contribution >= 0.6 is 0 Å². The molecule has 0 bridgehead atoms. The molecule has 0 aliphatic rings. The van der Waals surface area contributed by atoms with E-state index in [2.05, 4.69) is 17.0 Å². The maximum atomic E-state index is 13.0. The van der Waals surface area contributed by atoms with Crippen molar-refractivity contribution in [1.82, 2.24) is 10.4 Å². The molecule has 0 spiro atoms. The molecule has 12 heavy (non-hydrogen) atoms. The first-order chi connectivity index (χ1) is 5.79. The predicted molar refractivity (Wildman–Crippen MR) is 44.5 cm³/mol. The zero-order chi connectivity index (χ0) is 8.97. The molecule has 0 aromatic carbocycles. The van der Waals surface area contributed by atoms with Crippen LogP contribution in [-0.2, 0) is 0 Å². The van der Waals surface area contributed by atoms with Crippen LogP contribution in [-0.4, -0.2) is 4.98 Å². The molecule has 1 unspecified atom stereocenters. The topological polar surface area (TPSA) is 50.9 Å². The van der Waals surface area contributed by atoms with Crippen molar-refractivity contribution in [3.63, 3.8) is 0 Å². The van der Waals surface area contributed by atoms with Crippen molar-refractivity contribution in [3.05, 3.63) is 42.5 Å². The highest BCUT2D eigenvalue weighted by Gasteiger charge is 2.09. The fourth-order valence-electron chi connectivity index (χ4n) is 0.923. The summed E-state index contributed by atoms with van der Waals surface area (Å²) in [4.78, 5) is 3.62. The molecule has 3 N–H and O–H groups in total. The fraction of sp³-hybridized carbons (Fsp3) is 0.125. The van der Waals surface area contributed by atoms with Crippen LogP contribution in [0, 0.1) is 5.82 Å². The van der Waals surface area contributed by atoms with Gasteiger partial charge in [-0.25, -0.2) is 9.82 Å². The number of hydrazine groups is 1. The summed E-state index contributed by atoms with van der Waals surface area (Å²) in [7, 11) is 0. The lowest BCUT2D eigenvalue weighted by atomic mass is 10.1. The lowest BCUT2D eigenvalue weighted by Gasteiger charge is -2.10. The van der Waals surface area contributed by atoms with E-state index in [0.717, 1.165) is 6.20 Å². The summed E-state index contributed by atoms with van der Waals surface area (Å²) in [6, 6.07) is 1.19. The van der Waals surface area contributed by atoms with Crippen LogP contribution in [0.2, 0.25) is 0 Å². The van der Waals surface area contributed by atoms with Gasteiger partial charge in [0.25, 0.3) is 0 Å². The van der Waals surface area contributed by atoms with E-state index < -0.39 is 0 Å². The number of rotatable bonds is 3. The molecule has 4 heteroatoms. The molecule has 0 saturated heterocycles. The van der Waals surface area contributed by atoms with Gasteiger partial charge in [-0.3, -0.25) is 10.8 Å². The molecule has 0 aliphatic carbocycles. The number of hydrogen-bond acceptors (Lipinski definition) is 3. The summed E-state index contributed by atoms with van der Waals surface area (Å²) >= 11 is 0. The van der Waals surface area contributed by atoms with E-state index in [1.54, 1.807) is 6.07 Å². The molecule has 0 saturated carbocycles. The van der Waals surface area contributed by atoms with E-state index in [9.17, 15) is 4.39 Å². The van der Waals surface area contributed by atoms with Crippen molar-refractivity contribution in [2.45, 2.75) is 6.04 Å². The van der Waals surface area contributed by atoms with Gasteiger partial charge in [-0.15, -0.1) is 6.58 Å². The fourth-order valence-corrected chi connectivity index (χ4v) is 0.923. The van der Waals surface area contributed by atoms with Gasteiger partial charge in [-0.1, -0.05) is 6.08 Å². The second kappa shape index (κ2) is 3.94. The van der Waals surface area contributed by atoms with Gasteiger partial charge >= 0.3 is 0 Å². The average molecular weight is 167 g/mol. The molecular weight excluding hydrogens is 157 g/mol. The van der Waals surface area contributed by atoms with Crippen LogP contribution in [0.15, 0.2) is 31.1 Å². The number of hydrogen-bond donors (Lipinski definition) is 2. The zero-order valence-corrected chi connectivity index (χ0v) is 6.50. The van der Waals surface area contributed by atoms with Gasteiger partial charge in [0.05, 0.1) is 12.2 Å². The minimum atomic E-state index is -0.389. The molecule has 1 rings (SSSR count). The minimum Gasteiger partial charge on any atom is -0.271 e. The average Bonchev–Trinajstić information content (AvgIpc) is 2.10. The largest absolute Gasteiger partial charge is 0.271 e. The number of nitrogens with one attached hydrogen (secondary N) is 1. The second-order valence-corrected chi connectivity index (χ2v) is 2.28. The van der Waals surface area contributed by atoms with E-state index in [1.807, 2.05) is 0 Å². The lowest BCUT2D eigenvalue weighted by Crippen LogP contribution is -2.27. The Labute approximate surface area is 70.1 Å². The SMILES string of the molecule is C=CC(NN)c1ccncc1F. The Morgan fingerprint density at radius 2 is 2.50 bits per heavy atom. The smallest absolute Gasteiger partial charge is 0.146 e. The Kier molecular flexibility index (Phi) is 2.90. The Morgan fingerprint density at radius 3 is 3.00 bits per heavy atom. The Morgan fingerprint density at radius 1 is 1.75 bits per heavy atom. The number of aromatic nitrogens is 1. The van der Waals surface area contributed by atoms with Gasteiger partial charge < -0.3 is 0 Å². The molecular formula is C8H10FN3. The van der Waals surface area contributed by atoms with Crippen LogP contribution in [0.5, 0.6) is 0 Å². The van der Waals surface area contributed by atoms with Gasteiger partial charge in [-0.05, 0) is 6.07 Å². The van der Waals surface area contributed by atoms with Crippen LogP contribution in [0.3, 0.4) is 0 Å². The number of halogens is 1. The van der Waals surface area contributed by atoms with E-state index in [-0.39, 0.29) is 11.9 Å². The Balaban J connectivity index is 3.00. The normalized spacial score (nSPS) is 12.5. The Bertz CT molecular complexity index is 275. The lowest BCUT2D eigenvalue weighted by molar-refractivity contribution is 0.563. The number of nitrogens with zero attached hydrogens (tertiary/aromatic N) is 1.